The molecular formula is C12H14N2. The summed E-state index contributed by atoms with van der Waals surface area (Å²) in [7, 11) is 0. The van der Waals surface area contributed by atoms with Gasteiger partial charge in [-0.05, 0) is 24.0 Å². The maximum Gasteiger partial charge on any atom is 0.101 e. The minimum Gasteiger partial charge on any atom is -0.387 e. The van der Waals surface area contributed by atoms with Crippen molar-refractivity contribution in [3.05, 3.63) is 42.0 Å². The Balaban J connectivity index is 2.51. The van der Waals surface area contributed by atoms with Crippen LogP contribution in [-0.4, -0.2) is 5.84 Å². The van der Waals surface area contributed by atoms with Gasteiger partial charge < -0.3 is 5.73 Å². The first-order valence-electron chi connectivity index (χ1n) is 4.77. The summed E-state index contributed by atoms with van der Waals surface area (Å²) in [6, 6.07) is 8.04. The Morgan fingerprint density at radius 1 is 1.43 bits per heavy atom. The molecule has 0 radical (unpaired) electrons. The molecule has 0 aromatic heterocycles. The summed E-state index contributed by atoms with van der Waals surface area (Å²) in [5, 5.41) is 7.61. The van der Waals surface area contributed by atoms with Crippen LogP contribution in [0.15, 0.2) is 30.8 Å². The highest BCUT2D eigenvalue weighted by Gasteiger charge is 2.48. The smallest absolute Gasteiger partial charge is 0.101 e. The molecule has 1 aromatic rings. The van der Waals surface area contributed by atoms with Crippen LogP contribution in [0.25, 0.3) is 6.08 Å². The lowest BCUT2D eigenvalue weighted by Gasteiger charge is -2.16. The van der Waals surface area contributed by atoms with E-state index in [1.54, 1.807) is 0 Å². The highest BCUT2D eigenvalue weighted by molar-refractivity contribution is 5.93. The predicted octanol–water partition coefficient (Wildman–Crippen LogP) is 2.30. The fourth-order valence-corrected chi connectivity index (χ4v) is 1.92. The average Bonchev–Trinajstić information content (AvgIpc) is 2.98. The molecule has 1 saturated carbocycles. The van der Waals surface area contributed by atoms with E-state index in [-0.39, 0.29) is 11.3 Å². The van der Waals surface area contributed by atoms with Crippen LogP contribution in [0.4, 0.5) is 0 Å². The van der Waals surface area contributed by atoms with Crippen LogP contribution in [0, 0.1) is 5.41 Å². The lowest BCUT2D eigenvalue weighted by molar-refractivity contribution is 0.919. The summed E-state index contributed by atoms with van der Waals surface area (Å²) in [5.74, 6) is 0.284. The first kappa shape index (κ1) is 9.00. The molecule has 0 heterocycles. The number of nitrogens with one attached hydrogen (secondary N) is 1. The highest BCUT2D eigenvalue weighted by Crippen LogP contribution is 2.49. The molecule has 14 heavy (non-hydrogen) atoms. The molecule has 2 nitrogen and oxygen atoms in total. The third-order valence-electron chi connectivity index (χ3n) is 2.96. The summed E-state index contributed by atoms with van der Waals surface area (Å²) in [4.78, 5) is 0. The first-order valence-corrected chi connectivity index (χ1v) is 4.77. The van der Waals surface area contributed by atoms with E-state index in [0.29, 0.717) is 0 Å². The molecule has 3 N–H and O–H groups in total. The number of hydrogen-bond donors (Lipinski definition) is 2. The van der Waals surface area contributed by atoms with E-state index in [2.05, 4.69) is 6.58 Å². The monoisotopic (exact) mass is 186 g/mol. The minimum atomic E-state index is -0.176. The van der Waals surface area contributed by atoms with Crippen LogP contribution in [0.5, 0.6) is 0 Å². The van der Waals surface area contributed by atoms with Crippen LogP contribution in [0.1, 0.15) is 24.0 Å². The van der Waals surface area contributed by atoms with Gasteiger partial charge in [-0.25, -0.2) is 0 Å². The molecule has 0 aliphatic heterocycles. The van der Waals surface area contributed by atoms with Crippen molar-refractivity contribution in [3.63, 3.8) is 0 Å². The van der Waals surface area contributed by atoms with E-state index >= 15 is 0 Å². The van der Waals surface area contributed by atoms with Crippen LogP contribution in [0.3, 0.4) is 0 Å². The normalized spacial score (nSPS) is 17.4. The van der Waals surface area contributed by atoms with Crippen molar-refractivity contribution < 1.29 is 0 Å². The van der Waals surface area contributed by atoms with E-state index in [4.69, 9.17) is 11.1 Å². The summed E-state index contributed by atoms with van der Waals surface area (Å²) in [6.07, 6.45) is 3.82. The Morgan fingerprint density at radius 3 is 2.57 bits per heavy atom. The van der Waals surface area contributed by atoms with Crippen molar-refractivity contribution in [2.45, 2.75) is 18.3 Å². The zero-order valence-corrected chi connectivity index (χ0v) is 8.09. The van der Waals surface area contributed by atoms with E-state index in [0.717, 1.165) is 24.0 Å². The SMILES string of the molecule is C=Cc1ccccc1C1(C(=N)N)CC1. The van der Waals surface area contributed by atoms with Gasteiger partial charge in [-0.3, -0.25) is 5.41 Å². The molecule has 0 saturated heterocycles. The quantitative estimate of drug-likeness (QED) is 0.552. The van der Waals surface area contributed by atoms with Crippen molar-refractivity contribution in [2.24, 2.45) is 5.73 Å². The molecule has 0 unspecified atom stereocenters. The van der Waals surface area contributed by atoms with Gasteiger partial charge in [0.25, 0.3) is 0 Å². The van der Waals surface area contributed by atoms with Crippen LogP contribution >= 0.6 is 0 Å². The molecule has 0 bridgehead atoms. The van der Waals surface area contributed by atoms with E-state index < -0.39 is 0 Å². The van der Waals surface area contributed by atoms with Crippen LogP contribution < -0.4 is 5.73 Å². The van der Waals surface area contributed by atoms with E-state index in [1.165, 1.54) is 0 Å². The van der Waals surface area contributed by atoms with Gasteiger partial charge >= 0.3 is 0 Å². The van der Waals surface area contributed by atoms with Gasteiger partial charge in [0.15, 0.2) is 0 Å². The Bertz CT molecular complexity index is 389. The largest absolute Gasteiger partial charge is 0.387 e. The van der Waals surface area contributed by atoms with Crippen molar-refractivity contribution >= 4 is 11.9 Å². The number of nitrogens with two attached hydrogens (primary N) is 1. The first-order chi connectivity index (χ1) is 6.70. The molecule has 1 aromatic carbocycles. The Hall–Kier alpha value is -1.57. The third kappa shape index (κ3) is 1.15. The molecule has 1 aliphatic rings. The van der Waals surface area contributed by atoms with E-state index in [1.807, 2.05) is 30.3 Å². The van der Waals surface area contributed by atoms with Gasteiger partial charge in [0.1, 0.15) is 5.84 Å². The van der Waals surface area contributed by atoms with Crippen molar-refractivity contribution in [2.75, 3.05) is 0 Å². The summed E-state index contributed by atoms with van der Waals surface area (Å²) < 4.78 is 0. The maximum absolute atomic E-state index is 7.61. The van der Waals surface area contributed by atoms with Gasteiger partial charge in [0, 0.05) is 0 Å². The van der Waals surface area contributed by atoms with Crippen LogP contribution in [-0.2, 0) is 5.41 Å². The Morgan fingerprint density at radius 2 is 2.07 bits per heavy atom. The zero-order chi connectivity index (χ0) is 10.2. The maximum atomic E-state index is 7.61. The molecule has 72 valence electrons. The molecule has 1 aliphatic carbocycles. The molecule has 1 fully saturated rings. The van der Waals surface area contributed by atoms with Crippen molar-refractivity contribution in [1.82, 2.24) is 0 Å². The number of amidine groups is 1. The number of rotatable bonds is 3. The van der Waals surface area contributed by atoms with Crippen molar-refractivity contribution in [1.29, 1.82) is 5.41 Å². The summed E-state index contributed by atoms with van der Waals surface area (Å²) in [6.45, 7) is 3.78. The summed E-state index contributed by atoms with van der Waals surface area (Å²) in [5.41, 5.74) is 7.71. The van der Waals surface area contributed by atoms with Gasteiger partial charge in [0.2, 0.25) is 0 Å². The second kappa shape index (κ2) is 2.98. The van der Waals surface area contributed by atoms with Gasteiger partial charge in [-0.2, -0.15) is 0 Å². The molecular weight excluding hydrogens is 172 g/mol. The fourth-order valence-electron chi connectivity index (χ4n) is 1.92. The summed E-state index contributed by atoms with van der Waals surface area (Å²) >= 11 is 0. The van der Waals surface area contributed by atoms with Crippen molar-refractivity contribution in [3.8, 4) is 0 Å². The fraction of sp³-hybridized carbons (Fsp3) is 0.250. The lowest BCUT2D eigenvalue weighted by atomic mass is 9.90. The molecule has 2 rings (SSSR count). The number of hydrogen-bond acceptors (Lipinski definition) is 1. The molecule has 0 atom stereocenters. The minimum absolute atomic E-state index is 0.176. The molecule has 2 heteroatoms. The van der Waals surface area contributed by atoms with E-state index in [9.17, 15) is 0 Å². The second-order valence-corrected chi connectivity index (χ2v) is 3.79. The molecule has 0 spiro atoms. The Labute approximate surface area is 84.0 Å². The highest BCUT2D eigenvalue weighted by atomic mass is 14.8. The Kier molecular flexibility index (Phi) is 1.92. The van der Waals surface area contributed by atoms with Gasteiger partial charge in [0.05, 0.1) is 5.41 Å². The van der Waals surface area contributed by atoms with Crippen LogP contribution in [0.2, 0.25) is 0 Å². The second-order valence-electron chi connectivity index (χ2n) is 3.79. The standard InChI is InChI=1S/C12H14N2/c1-2-9-5-3-4-6-10(9)12(7-8-12)11(13)14/h2-6H,1,7-8H2,(H3,13,14). The molecule has 0 amide bonds. The average molecular weight is 186 g/mol. The van der Waals surface area contributed by atoms with Gasteiger partial charge in [-0.15, -0.1) is 0 Å². The number of benzene rings is 1. The van der Waals surface area contributed by atoms with Gasteiger partial charge in [-0.1, -0.05) is 36.9 Å². The zero-order valence-electron chi connectivity index (χ0n) is 8.09. The topological polar surface area (TPSA) is 49.9 Å². The lowest BCUT2D eigenvalue weighted by Crippen LogP contribution is -2.28. The third-order valence-corrected chi connectivity index (χ3v) is 2.96. The predicted molar refractivity (Wildman–Crippen MR) is 59.4 cm³/mol.